The van der Waals surface area contributed by atoms with Crippen LogP contribution in [0.1, 0.15) is 5.56 Å². The van der Waals surface area contributed by atoms with Crippen LogP contribution in [0.15, 0.2) is 24.5 Å². The highest BCUT2D eigenvalue weighted by Crippen LogP contribution is 2.21. The summed E-state index contributed by atoms with van der Waals surface area (Å²) in [4.78, 5) is 12.0. The van der Waals surface area contributed by atoms with E-state index < -0.39 is 0 Å². The Hall–Kier alpha value is -2.17. The van der Waals surface area contributed by atoms with Crippen LogP contribution in [-0.2, 0) is 0 Å². The molecule has 0 aliphatic rings. The van der Waals surface area contributed by atoms with Gasteiger partial charge in [0.2, 0.25) is 5.95 Å². The SMILES string of the molecule is Cc1cnccc1-c1cc(N)nc(N)n1. The van der Waals surface area contributed by atoms with E-state index in [1.807, 2.05) is 13.0 Å². The Morgan fingerprint density at radius 1 is 1.20 bits per heavy atom. The number of rotatable bonds is 1. The standard InChI is InChI=1S/C10H11N5/c1-6-5-13-3-2-7(6)8-4-9(11)15-10(12)14-8/h2-5H,1H3,(H4,11,12,14,15). The molecule has 0 saturated heterocycles. The van der Waals surface area contributed by atoms with Crippen LogP contribution < -0.4 is 11.5 Å². The van der Waals surface area contributed by atoms with Gasteiger partial charge in [0.15, 0.2) is 0 Å². The summed E-state index contributed by atoms with van der Waals surface area (Å²) in [5.74, 6) is 0.551. The summed E-state index contributed by atoms with van der Waals surface area (Å²) in [7, 11) is 0. The summed E-state index contributed by atoms with van der Waals surface area (Å²) in [6, 6.07) is 3.56. The second-order valence-electron chi connectivity index (χ2n) is 3.23. The molecule has 2 rings (SSSR count). The topological polar surface area (TPSA) is 90.7 Å². The molecule has 5 heteroatoms. The Balaban J connectivity index is 2.59. The smallest absolute Gasteiger partial charge is 0.222 e. The fourth-order valence-electron chi connectivity index (χ4n) is 1.38. The largest absolute Gasteiger partial charge is 0.384 e. The van der Waals surface area contributed by atoms with Gasteiger partial charge in [0.25, 0.3) is 0 Å². The predicted octanol–water partition coefficient (Wildman–Crippen LogP) is 1.01. The first-order valence-corrected chi connectivity index (χ1v) is 4.48. The lowest BCUT2D eigenvalue weighted by atomic mass is 10.1. The summed E-state index contributed by atoms with van der Waals surface area (Å²) < 4.78 is 0. The van der Waals surface area contributed by atoms with E-state index in [-0.39, 0.29) is 5.95 Å². The van der Waals surface area contributed by atoms with Gasteiger partial charge in [-0.15, -0.1) is 0 Å². The number of hydrogen-bond acceptors (Lipinski definition) is 5. The number of aryl methyl sites for hydroxylation is 1. The molecule has 0 fully saturated rings. The average Bonchev–Trinajstić information content (AvgIpc) is 2.16. The van der Waals surface area contributed by atoms with Crippen molar-refractivity contribution in [2.24, 2.45) is 0 Å². The minimum absolute atomic E-state index is 0.182. The van der Waals surface area contributed by atoms with Crippen molar-refractivity contribution in [1.82, 2.24) is 15.0 Å². The van der Waals surface area contributed by atoms with E-state index in [2.05, 4.69) is 15.0 Å². The molecule has 2 heterocycles. The Bertz CT molecular complexity index is 475. The van der Waals surface area contributed by atoms with Crippen molar-refractivity contribution in [2.75, 3.05) is 11.5 Å². The van der Waals surface area contributed by atoms with Crippen molar-refractivity contribution in [3.05, 3.63) is 30.1 Å². The maximum atomic E-state index is 5.60. The quantitative estimate of drug-likeness (QED) is 0.718. The Kier molecular flexibility index (Phi) is 2.21. The van der Waals surface area contributed by atoms with Crippen LogP contribution >= 0.6 is 0 Å². The molecule has 2 aromatic rings. The lowest BCUT2D eigenvalue weighted by Gasteiger charge is -2.05. The number of anilines is 2. The van der Waals surface area contributed by atoms with Gasteiger partial charge in [-0.3, -0.25) is 4.98 Å². The molecule has 0 aliphatic carbocycles. The van der Waals surface area contributed by atoms with E-state index in [1.165, 1.54) is 0 Å². The molecule has 76 valence electrons. The molecule has 0 aromatic carbocycles. The first-order valence-electron chi connectivity index (χ1n) is 4.48. The third kappa shape index (κ3) is 1.85. The number of nitrogen functional groups attached to an aromatic ring is 2. The molecular weight excluding hydrogens is 190 g/mol. The van der Waals surface area contributed by atoms with Gasteiger partial charge < -0.3 is 11.5 Å². The van der Waals surface area contributed by atoms with Crippen molar-refractivity contribution in [3.8, 4) is 11.3 Å². The molecule has 4 N–H and O–H groups in total. The van der Waals surface area contributed by atoms with Gasteiger partial charge in [0.05, 0.1) is 5.69 Å². The van der Waals surface area contributed by atoms with Crippen LogP contribution in [0.2, 0.25) is 0 Å². The van der Waals surface area contributed by atoms with Crippen molar-refractivity contribution < 1.29 is 0 Å². The maximum Gasteiger partial charge on any atom is 0.222 e. The molecule has 0 aliphatic heterocycles. The van der Waals surface area contributed by atoms with Crippen LogP contribution in [0.4, 0.5) is 11.8 Å². The summed E-state index contributed by atoms with van der Waals surface area (Å²) >= 11 is 0. The Morgan fingerprint density at radius 2 is 2.00 bits per heavy atom. The van der Waals surface area contributed by atoms with E-state index in [0.29, 0.717) is 5.82 Å². The number of nitrogens with zero attached hydrogens (tertiary/aromatic N) is 3. The highest BCUT2D eigenvalue weighted by atomic mass is 15.0. The highest BCUT2D eigenvalue weighted by Gasteiger charge is 2.05. The van der Waals surface area contributed by atoms with Crippen molar-refractivity contribution in [1.29, 1.82) is 0 Å². The van der Waals surface area contributed by atoms with E-state index >= 15 is 0 Å². The minimum Gasteiger partial charge on any atom is -0.384 e. The number of pyridine rings is 1. The lowest BCUT2D eigenvalue weighted by Crippen LogP contribution is -2.01. The van der Waals surface area contributed by atoms with Crippen LogP contribution in [0.3, 0.4) is 0 Å². The van der Waals surface area contributed by atoms with Gasteiger partial charge in [-0.05, 0) is 18.6 Å². The molecule has 15 heavy (non-hydrogen) atoms. The second-order valence-corrected chi connectivity index (χ2v) is 3.23. The maximum absolute atomic E-state index is 5.60. The van der Waals surface area contributed by atoms with Crippen molar-refractivity contribution in [2.45, 2.75) is 6.92 Å². The van der Waals surface area contributed by atoms with E-state index in [0.717, 1.165) is 16.8 Å². The molecular formula is C10H11N5. The summed E-state index contributed by atoms with van der Waals surface area (Å²) in [5.41, 5.74) is 13.8. The highest BCUT2D eigenvalue weighted by molar-refractivity contribution is 5.65. The first kappa shape index (κ1) is 9.39. The van der Waals surface area contributed by atoms with Gasteiger partial charge in [0, 0.05) is 24.0 Å². The molecule has 0 spiro atoms. The third-order valence-corrected chi connectivity index (χ3v) is 2.06. The van der Waals surface area contributed by atoms with Crippen LogP contribution in [0, 0.1) is 6.92 Å². The lowest BCUT2D eigenvalue weighted by molar-refractivity contribution is 1.18. The predicted molar refractivity (Wildman–Crippen MR) is 58.8 cm³/mol. The molecule has 2 aromatic heterocycles. The van der Waals surface area contributed by atoms with Crippen molar-refractivity contribution in [3.63, 3.8) is 0 Å². The van der Waals surface area contributed by atoms with Gasteiger partial charge in [-0.1, -0.05) is 0 Å². The summed E-state index contributed by atoms with van der Waals surface area (Å²) in [5, 5.41) is 0. The van der Waals surface area contributed by atoms with E-state index in [1.54, 1.807) is 18.5 Å². The molecule has 0 atom stereocenters. The Morgan fingerprint density at radius 3 is 2.67 bits per heavy atom. The molecule has 0 amide bonds. The number of nitrogens with two attached hydrogens (primary N) is 2. The molecule has 0 radical (unpaired) electrons. The zero-order valence-corrected chi connectivity index (χ0v) is 8.31. The van der Waals surface area contributed by atoms with E-state index in [9.17, 15) is 0 Å². The zero-order chi connectivity index (χ0) is 10.8. The second kappa shape index (κ2) is 3.53. The normalized spacial score (nSPS) is 10.2. The van der Waals surface area contributed by atoms with E-state index in [4.69, 9.17) is 11.5 Å². The fourth-order valence-corrected chi connectivity index (χ4v) is 1.38. The van der Waals surface area contributed by atoms with Gasteiger partial charge in [0.1, 0.15) is 5.82 Å². The monoisotopic (exact) mass is 201 g/mol. The van der Waals surface area contributed by atoms with Crippen molar-refractivity contribution >= 4 is 11.8 Å². The number of hydrogen-bond donors (Lipinski definition) is 2. The minimum atomic E-state index is 0.182. The average molecular weight is 201 g/mol. The molecule has 0 saturated carbocycles. The Labute approximate surface area is 87.2 Å². The van der Waals surface area contributed by atoms with Crippen LogP contribution in [0.5, 0.6) is 0 Å². The van der Waals surface area contributed by atoms with Gasteiger partial charge >= 0.3 is 0 Å². The first-order chi connectivity index (χ1) is 7.16. The number of aromatic nitrogens is 3. The fraction of sp³-hybridized carbons (Fsp3) is 0.100. The summed E-state index contributed by atoms with van der Waals surface area (Å²) in [6.07, 6.45) is 3.47. The van der Waals surface area contributed by atoms with Crippen LogP contribution in [-0.4, -0.2) is 15.0 Å². The third-order valence-electron chi connectivity index (χ3n) is 2.06. The molecule has 0 unspecified atom stereocenters. The van der Waals surface area contributed by atoms with Crippen LogP contribution in [0.25, 0.3) is 11.3 Å². The summed E-state index contributed by atoms with van der Waals surface area (Å²) in [6.45, 7) is 1.96. The van der Waals surface area contributed by atoms with Gasteiger partial charge in [-0.25, -0.2) is 4.98 Å². The molecule has 5 nitrogen and oxygen atoms in total. The molecule has 0 bridgehead atoms. The van der Waals surface area contributed by atoms with Gasteiger partial charge in [-0.2, -0.15) is 4.98 Å². The zero-order valence-electron chi connectivity index (χ0n) is 8.31.